The molecule has 3 aromatic carbocycles. The highest BCUT2D eigenvalue weighted by atomic mass is 32.1. The fourth-order valence-electron chi connectivity index (χ4n) is 7.60. The first-order chi connectivity index (χ1) is 26.8. The van der Waals surface area contributed by atoms with Gasteiger partial charge in [-0.15, -0.1) is 22.7 Å². The van der Waals surface area contributed by atoms with Crippen molar-refractivity contribution >= 4 is 45.4 Å². The van der Waals surface area contributed by atoms with Gasteiger partial charge in [0.2, 0.25) is 0 Å². The van der Waals surface area contributed by atoms with Crippen LogP contribution >= 0.6 is 34.4 Å². The standard InChI is InChI=1S/C46H48F2N4S3/c1-5-9-11-29(7-3)13-15-31-17-19-33(37(47)25-31)39-21-23-41(53-39)43-35(27-49)36(28-50)44(46-45(43)51-55-52-46)42-24-22-40(54-42)34-20-18-32(26-38(34)48)16-14-30(8-4)12-10-6-2/h17-26,29-30H,5-16H2,1-4H3. The number of nitrogens with zero attached hydrogens (tertiary/aromatic N) is 4. The number of benzene rings is 3. The van der Waals surface area contributed by atoms with Crippen molar-refractivity contribution in [3.63, 3.8) is 0 Å². The molecule has 0 saturated heterocycles. The van der Waals surface area contributed by atoms with E-state index in [0.29, 0.717) is 54.9 Å². The zero-order chi connectivity index (χ0) is 38.9. The molecule has 284 valence electrons. The molecular weight excluding hydrogens is 743 g/mol. The van der Waals surface area contributed by atoms with Gasteiger partial charge < -0.3 is 0 Å². The van der Waals surface area contributed by atoms with Gasteiger partial charge >= 0.3 is 0 Å². The van der Waals surface area contributed by atoms with Crippen LogP contribution in [0.1, 0.15) is 114 Å². The summed E-state index contributed by atoms with van der Waals surface area (Å²) in [6, 6.07) is 23.1. The van der Waals surface area contributed by atoms with E-state index in [0.717, 1.165) is 71.1 Å². The number of hydrogen-bond acceptors (Lipinski definition) is 7. The first-order valence-corrected chi connectivity index (χ1v) is 22.1. The number of hydrogen-bond donors (Lipinski definition) is 0. The van der Waals surface area contributed by atoms with Crippen LogP contribution in [-0.2, 0) is 12.8 Å². The Morgan fingerprint density at radius 1 is 0.582 bits per heavy atom. The quantitative estimate of drug-likeness (QED) is 0.0869. The maximum Gasteiger partial charge on any atom is 0.132 e. The third-order valence-electron chi connectivity index (χ3n) is 11.0. The van der Waals surface area contributed by atoms with E-state index in [2.05, 4.69) is 48.6 Å². The Hall–Kier alpha value is -4.28. The second-order valence-electron chi connectivity index (χ2n) is 14.6. The van der Waals surface area contributed by atoms with Crippen LogP contribution in [0.25, 0.3) is 52.8 Å². The fraction of sp³-hybridized carbons (Fsp3) is 0.391. The molecule has 0 spiro atoms. The molecule has 3 aromatic heterocycles. The van der Waals surface area contributed by atoms with Crippen LogP contribution in [0.15, 0.2) is 60.7 Å². The molecular formula is C46H48F2N4S3. The molecule has 6 rings (SSSR count). The zero-order valence-corrected chi connectivity index (χ0v) is 34.6. The number of aryl methyl sites for hydroxylation is 2. The minimum absolute atomic E-state index is 0.199. The number of nitriles is 2. The number of halogens is 2. The Morgan fingerprint density at radius 3 is 1.36 bits per heavy atom. The van der Waals surface area contributed by atoms with Crippen LogP contribution in [0, 0.1) is 46.1 Å². The zero-order valence-electron chi connectivity index (χ0n) is 32.2. The van der Waals surface area contributed by atoms with Gasteiger partial charge in [-0.25, -0.2) is 8.78 Å². The predicted molar refractivity (Wildman–Crippen MR) is 228 cm³/mol. The van der Waals surface area contributed by atoms with E-state index in [4.69, 9.17) is 0 Å². The van der Waals surface area contributed by atoms with Crippen LogP contribution in [-0.4, -0.2) is 8.75 Å². The average Bonchev–Trinajstić information content (AvgIpc) is 3.99. The molecule has 3 heterocycles. The highest BCUT2D eigenvalue weighted by molar-refractivity contribution is 7.19. The summed E-state index contributed by atoms with van der Waals surface area (Å²) in [5.41, 5.74) is 5.49. The lowest BCUT2D eigenvalue weighted by Crippen LogP contribution is -2.01. The van der Waals surface area contributed by atoms with Gasteiger partial charge in [0.1, 0.15) is 34.8 Å². The largest absolute Gasteiger partial charge is 0.206 e. The maximum atomic E-state index is 15.6. The van der Waals surface area contributed by atoms with Crippen molar-refractivity contribution in [1.29, 1.82) is 10.5 Å². The molecule has 0 aliphatic rings. The van der Waals surface area contributed by atoms with Crippen LogP contribution in [0.4, 0.5) is 8.78 Å². The van der Waals surface area contributed by atoms with Crippen LogP contribution in [0.3, 0.4) is 0 Å². The van der Waals surface area contributed by atoms with Crippen molar-refractivity contribution < 1.29 is 8.78 Å². The van der Waals surface area contributed by atoms with Gasteiger partial charge in [-0.1, -0.05) is 103 Å². The molecule has 6 aromatic rings. The summed E-state index contributed by atoms with van der Waals surface area (Å²) in [5, 5.41) is 21.1. The van der Waals surface area contributed by atoms with E-state index in [1.165, 1.54) is 61.2 Å². The Bertz CT molecular complexity index is 2160. The van der Waals surface area contributed by atoms with Crippen molar-refractivity contribution in [3.05, 3.63) is 94.6 Å². The molecule has 9 heteroatoms. The number of fused-ring (bicyclic) bond motifs is 1. The lowest BCUT2D eigenvalue weighted by atomic mass is 9.92. The molecule has 0 amide bonds. The summed E-state index contributed by atoms with van der Waals surface area (Å²) < 4.78 is 40.5. The topological polar surface area (TPSA) is 73.4 Å². The summed E-state index contributed by atoms with van der Waals surface area (Å²) >= 11 is 3.76. The number of aromatic nitrogens is 2. The summed E-state index contributed by atoms with van der Waals surface area (Å²) in [6.45, 7) is 8.90. The van der Waals surface area contributed by atoms with E-state index < -0.39 is 0 Å². The van der Waals surface area contributed by atoms with Gasteiger partial charge in [0, 0.05) is 41.8 Å². The van der Waals surface area contributed by atoms with Crippen molar-refractivity contribution in [2.24, 2.45) is 11.8 Å². The van der Waals surface area contributed by atoms with E-state index in [-0.39, 0.29) is 22.8 Å². The molecule has 0 fully saturated rings. The number of unbranched alkanes of at least 4 members (excludes halogenated alkanes) is 2. The minimum atomic E-state index is -0.270. The molecule has 2 unspecified atom stereocenters. The monoisotopic (exact) mass is 790 g/mol. The molecule has 0 radical (unpaired) electrons. The normalized spacial score (nSPS) is 12.5. The highest BCUT2D eigenvalue weighted by Gasteiger charge is 2.27. The molecule has 4 nitrogen and oxygen atoms in total. The third-order valence-corrected chi connectivity index (χ3v) is 13.8. The summed E-state index contributed by atoms with van der Waals surface area (Å²) in [5.74, 6) is 0.774. The smallest absolute Gasteiger partial charge is 0.132 e. The Balaban J connectivity index is 1.28. The Labute approximate surface area is 336 Å². The molecule has 55 heavy (non-hydrogen) atoms. The lowest BCUT2D eigenvalue weighted by molar-refractivity contribution is 0.421. The van der Waals surface area contributed by atoms with E-state index in [1.807, 2.05) is 48.5 Å². The summed E-state index contributed by atoms with van der Waals surface area (Å²) in [6.07, 6.45) is 13.4. The van der Waals surface area contributed by atoms with Crippen molar-refractivity contribution in [3.8, 4) is 53.9 Å². The molecule has 2 atom stereocenters. The van der Waals surface area contributed by atoms with Gasteiger partial charge in [-0.2, -0.15) is 19.3 Å². The highest BCUT2D eigenvalue weighted by Crippen LogP contribution is 2.47. The van der Waals surface area contributed by atoms with Gasteiger partial charge in [-0.05, 0) is 85.0 Å². The first-order valence-electron chi connectivity index (χ1n) is 19.7. The fourth-order valence-corrected chi connectivity index (χ4v) is 10.3. The molecule has 0 N–H and O–H groups in total. The van der Waals surface area contributed by atoms with Gasteiger partial charge in [0.25, 0.3) is 0 Å². The lowest BCUT2D eigenvalue weighted by Gasteiger charge is -2.14. The minimum Gasteiger partial charge on any atom is -0.206 e. The van der Waals surface area contributed by atoms with E-state index >= 15 is 8.78 Å². The van der Waals surface area contributed by atoms with Crippen LogP contribution < -0.4 is 0 Å². The van der Waals surface area contributed by atoms with Crippen molar-refractivity contribution in [1.82, 2.24) is 8.75 Å². The van der Waals surface area contributed by atoms with Crippen LogP contribution in [0.5, 0.6) is 0 Å². The Kier molecular flexibility index (Phi) is 14.0. The van der Waals surface area contributed by atoms with Crippen molar-refractivity contribution in [2.75, 3.05) is 0 Å². The van der Waals surface area contributed by atoms with Gasteiger partial charge in [-0.3, -0.25) is 0 Å². The second-order valence-corrected chi connectivity index (χ2v) is 17.2. The molecule has 0 saturated carbocycles. The SMILES string of the molecule is CCCCC(CC)CCc1ccc(-c2ccc(-c3c(C#N)c(C#N)c(-c4ccc(-c5ccc(CCC(CC)CCCC)cc5F)s4)c4nsnc34)s2)c(F)c1. The van der Waals surface area contributed by atoms with E-state index in [1.54, 1.807) is 12.1 Å². The van der Waals surface area contributed by atoms with E-state index in [9.17, 15) is 10.5 Å². The molecule has 0 bridgehead atoms. The maximum absolute atomic E-state index is 15.6. The molecule has 0 aliphatic carbocycles. The van der Waals surface area contributed by atoms with Gasteiger partial charge in [0.15, 0.2) is 0 Å². The Morgan fingerprint density at radius 2 is 1.00 bits per heavy atom. The molecule has 0 aliphatic heterocycles. The third kappa shape index (κ3) is 9.07. The predicted octanol–water partition coefficient (Wildman–Crippen LogP) is 14.8. The number of rotatable bonds is 18. The second kappa shape index (κ2) is 19.0. The average molecular weight is 791 g/mol. The summed E-state index contributed by atoms with van der Waals surface area (Å²) in [4.78, 5) is 2.88. The summed E-state index contributed by atoms with van der Waals surface area (Å²) in [7, 11) is 0. The first kappa shape index (κ1) is 40.4. The van der Waals surface area contributed by atoms with Crippen molar-refractivity contribution in [2.45, 2.75) is 105 Å². The number of thiophene rings is 2. The van der Waals surface area contributed by atoms with Crippen LogP contribution in [0.2, 0.25) is 0 Å². The van der Waals surface area contributed by atoms with Gasteiger partial charge in [0.05, 0.1) is 22.9 Å².